The van der Waals surface area contributed by atoms with E-state index in [1.807, 2.05) is 24.3 Å². The van der Waals surface area contributed by atoms with Gasteiger partial charge in [0.25, 0.3) is 0 Å². The third-order valence-electron chi connectivity index (χ3n) is 2.32. The van der Waals surface area contributed by atoms with Crippen LogP contribution in [0.25, 0.3) is 11.3 Å². The van der Waals surface area contributed by atoms with Crippen molar-refractivity contribution in [1.29, 1.82) is 0 Å². The minimum Gasteiger partial charge on any atom is -0.496 e. The molecule has 0 aliphatic carbocycles. The molecule has 0 fully saturated rings. The Balaban J connectivity index is 2.48. The Bertz CT molecular complexity index is 495. The highest BCUT2D eigenvalue weighted by atomic mass is 16.5. The van der Waals surface area contributed by atoms with E-state index in [0.29, 0.717) is 11.3 Å². The van der Waals surface area contributed by atoms with Gasteiger partial charge in [0.2, 0.25) is 0 Å². The molecule has 0 N–H and O–H groups in total. The van der Waals surface area contributed by atoms with Crippen LogP contribution in [0.5, 0.6) is 5.75 Å². The Morgan fingerprint density at radius 3 is 2.75 bits per heavy atom. The van der Waals surface area contributed by atoms with Crippen molar-refractivity contribution in [3.63, 3.8) is 0 Å². The molecular formula is C13H11NO2. The van der Waals surface area contributed by atoms with Gasteiger partial charge in [-0.3, -0.25) is 9.78 Å². The maximum absolute atomic E-state index is 10.9. The van der Waals surface area contributed by atoms with Gasteiger partial charge in [0.15, 0.2) is 6.29 Å². The summed E-state index contributed by atoms with van der Waals surface area (Å²) in [5.41, 5.74) is 2.28. The second kappa shape index (κ2) is 4.57. The number of rotatable bonds is 3. The van der Waals surface area contributed by atoms with Crippen molar-refractivity contribution >= 4 is 6.29 Å². The van der Waals surface area contributed by atoms with E-state index in [1.165, 1.54) is 0 Å². The van der Waals surface area contributed by atoms with Crippen molar-refractivity contribution in [2.24, 2.45) is 0 Å². The number of ether oxygens (including phenoxy) is 1. The molecule has 0 unspecified atom stereocenters. The van der Waals surface area contributed by atoms with Gasteiger partial charge >= 0.3 is 0 Å². The number of benzene rings is 1. The summed E-state index contributed by atoms with van der Waals surface area (Å²) in [4.78, 5) is 15.1. The van der Waals surface area contributed by atoms with E-state index >= 15 is 0 Å². The standard InChI is InChI=1S/C13H11NO2/c1-16-13-6-5-10(8-11(13)9-15)12-4-2-3-7-14-12/h2-9H,1H3. The first kappa shape index (κ1) is 10.4. The van der Waals surface area contributed by atoms with E-state index in [-0.39, 0.29) is 0 Å². The highest BCUT2D eigenvalue weighted by Crippen LogP contribution is 2.23. The van der Waals surface area contributed by atoms with Gasteiger partial charge in [-0.25, -0.2) is 0 Å². The normalized spacial score (nSPS) is 9.81. The van der Waals surface area contributed by atoms with Gasteiger partial charge in [-0.2, -0.15) is 0 Å². The van der Waals surface area contributed by atoms with Crippen molar-refractivity contribution in [2.75, 3.05) is 7.11 Å². The summed E-state index contributed by atoms with van der Waals surface area (Å²) >= 11 is 0. The summed E-state index contributed by atoms with van der Waals surface area (Å²) < 4.78 is 5.08. The summed E-state index contributed by atoms with van der Waals surface area (Å²) in [5, 5.41) is 0. The molecule has 0 bridgehead atoms. The molecule has 1 aromatic heterocycles. The van der Waals surface area contributed by atoms with Crippen LogP contribution in [-0.2, 0) is 0 Å². The second-order valence-corrected chi connectivity index (χ2v) is 3.29. The van der Waals surface area contributed by atoms with E-state index in [1.54, 1.807) is 25.4 Å². The first-order valence-corrected chi connectivity index (χ1v) is 4.90. The first-order valence-electron chi connectivity index (χ1n) is 4.90. The van der Waals surface area contributed by atoms with E-state index < -0.39 is 0 Å². The van der Waals surface area contributed by atoms with Crippen LogP contribution in [0.4, 0.5) is 0 Å². The molecule has 0 amide bonds. The van der Waals surface area contributed by atoms with Gasteiger partial charge < -0.3 is 4.74 Å². The number of pyridine rings is 1. The monoisotopic (exact) mass is 213 g/mol. The molecule has 0 saturated heterocycles. The van der Waals surface area contributed by atoms with Crippen LogP contribution in [-0.4, -0.2) is 18.4 Å². The van der Waals surface area contributed by atoms with Crippen molar-refractivity contribution in [3.05, 3.63) is 48.2 Å². The molecule has 1 heterocycles. The van der Waals surface area contributed by atoms with Crippen LogP contribution in [0.1, 0.15) is 10.4 Å². The average Bonchev–Trinajstić information content (AvgIpc) is 2.39. The third kappa shape index (κ3) is 1.93. The van der Waals surface area contributed by atoms with Gasteiger partial charge in [0, 0.05) is 11.8 Å². The van der Waals surface area contributed by atoms with Crippen molar-refractivity contribution < 1.29 is 9.53 Å². The quantitative estimate of drug-likeness (QED) is 0.735. The maximum Gasteiger partial charge on any atom is 0.153 e. The zero-order valence-electron chi connectivity index (χ0n) is 8.88. The number of carbonyl (C=O) groups is 1. The van der Waals surface area contributed by atoms with Crippen molar-refractivity contribution in [3.8, 4) is 17.0 Å². The molecule has 0 atom stereocenters. The van der Waals surface area contributed by atoms with Crippen LogP contribution >= 0.6 is 0 Å². The minimum absolute atomic E-state index is 0.533. The van der Waals surface area contributed by atoms with Gasteiger partial charge in [-0.1, -0.05) is 6.07 Å². The van der Waals surface area contributed by atoms with Crippen LogP contribution in [0.3, 0.4) is 0 Å². The zero-order valence-corrected chi connectivity index (χ0v) is 8.88. The molecule has 0 spiro atoms. The van der Waals surface area contributed by atoms with Crippen LogP contribution in [0.15, 0.2) is 42.6 Å². The number of aldehydes is 1. The Labute approximate surface area is 93.7 Å². The summed E-state index contributed by atoms with van der Waals surface area (Å²) in [7, 11) is 1.54. The zero-order chi connectivity index (χ0) is 11.4. The van der Waals surface area contributed by atoms with E-state index in [0.717, 1.165) is 17.5 Å². The van der Waals surface area contributed by atoms with Crippen molar-refractivity contribution in [1.82, 2.24) is 4.98 Å². The molecule has 3 nitrogen and oxygen atoms in total. The van der Waals surface area contributed by atoms with Gasteiger partial charge in [-0.05, 0) is 30.3 Å². The fraction of sp³-hybridized carbons (Fsp3) is 0.0769. The highest BCUT2D eigenvalue weighted by Gasteiger charge is 2.05. The number of aromatic nitrogens is 1. The minimum atomic E-state index is 0.533. The predicted octanol–water partition coefficient (Wildman–Crippen LogP) is 2.57. The van der Waals surface area contributed by atoms with Crippen LogP contribution in [0.2, 0.25) is 0 Å². The van der Waals surface area contributed by atoms with Gasteiger partial charge in [-0.15, -0.1) is 0 Å². The van der Waals surface area contributed by atoms with E-state index in [2.05, 4.69) is 4.98 Å². The summed E-state index contributed by atoms with van der Waals surface area (Å²) in [5.74, 6) is 0.578. The SMILES string of the molecule is COc1ccc(-c2ccccn2)cc1C=O. The van der Waals surface area contributed by atoms with Gasteiger partial charge in [0.05, 0.1) is 18.4 Å². The molecule has 0 saturated carbocycles. The molecule has 0 aliphatic heterocycles. The molecule has 0 aliphatic rings. The Morgan fingerprint density at radius 2 is 2.12 bits per heavy atom. The number of nitrogens with zero attached hydrogens (tertiary/aromatic N) is 1. The fourth-order valence-electron chi connectivity index (χ4n) is 1.52. The highest BCUT2D eigenvalue weighted by molar-refractivity contribution is 5.82. The van der Waals surface area contributed by atoms with Gasteiger partial charge in [0.1, 0.15) is 5.75 Å². The number of hydrogen-bond donors (Lipinski definition) is 0. The smallest absolute Gasteiger partial charge is 0.153 e. The summed E-state index contributed by atoms with van der Waals surface area (Å²) in [6, 6.07) is 11.1. The number of methoxy groups -OCH3 is 1. The summed E-state index contributed by atoms with van der Waals surface area (Å²) in [6.45, 7) is 0. The molecule has 2 rings (SSSR count). The topological polar surface area (TPSA) is 39.2 Å². The molecule has 3 heteroatoms. The lowest BCUT2D eigenvalue weighted by Crippen LogP contribution is -1.91. The second-order valence-electron chi connectivity index (χ2n) is 3.29. The molecule has 80 valence electrons. The lowest BCUT2D eigenvalue weighted by Gasteiger charge is -2.05. The first-order chi connectivity index (χ1) is 7.85. The maximum atomic E-state index is 10.9. The van der Waals surface area contributed by atoms with E-state index in [9.17, 15) is 4.79 Å². The van der Waals surface area contributed by atoms with Crippen LogP contribution in [0, 0.1) is 0 Å². The Hall–Kier alpha value is -2.16. The fourth-order valence-corrected chi connectivity index (χ4v) is 1.52. The lowest BCUT2D eigenvalue weighted by atomic mass is 10.1. The molecule has 1 aromatic carbocycles. The summed E-state index contributed by atoms with van der Waals surface area (Å²) in [6.07, 6.45) is 2.51. The third-order valence-corrected chi connectivity index (χ3v) is 2.32. The average molecular weight is 213 g/mol. The Morgan fingerprint density at radius 1 is 1.25 bits per heavy atom. The molecule has 0 radical (unpaired) electrons. The van der Waals surface area contributed by atoms with Crippen LogP contribution < -0.4 is 4.74 Å². The molecular weight excluding hydrogens is 202 g/mol. The molecule has 16 heavy (non-hydrogen) atoms. The van der Waals surface area contributed by atoms with Crippen molar-refractivity contribution in [2.45, 2.75) is 0 Å². The lowest BCUT2D eigenvalue weighted by molar-refractivity contribution is 0.112. The number of carbonyl (C=O) groups excluding carboxylic acids is 1. The van der Waals surface area contributed by atoms with E-state index in [4.69, 9.17) is 4.74 Å². The largest absolute Gasteiger partial charge is 0.496 e. The Kier molecular flexibility index (Phi) is 2.96. The molecule has 2 aromatic rings. The predicted molar refractivity (Wildman–Crippen MR) is 61.6 cm³/mol. The number of hydrogen-bond acceptors (Lipinski definition) is 3.